The van der Waals surface area contributed by atoms with E-state index in [1.807, 2.05) is 0 Å². The third-order valence-corrected chi connectivity index (χ3v) is 3.23. The zero-order chi connectivity index (χ0) is 11.8. The van der Waals surface area contributed by atoms with Crippen molar-refractivity contribution in [1.82, 2.24) is 0 Å². The maximum absolute atomic E-state index is 10.3. The lowest BCUT2D eigenvalue weighted by molar-refractivity contribution is -0.137. The highest BCUT2D eigenvalue weighted by Crippen LogP contribution is 2.22. The topological polar surface area (TPSA) is 46.5 Å². The van der Waals surface area contributed by atoms with Crippen molar-refractivity contribution in [2.45, 2.75) is 76.9 Å². The summed E-state index contributed by atoms with van der Waals surface area (Å²) in [4.78, 5) is 10.3. The Morgan fingerprint density at radius 1 is 1.31 bits per heavy atom. The molecule has 1 aliphatic rings. The molecule has 1 fully saturated rings. The molecule has 0 aromatic heterocycles. The van der Waals surface area contributed by atoms with E-state index in [9.17, 15) is 4.79 Å². The number of ether oxygens (including phenoxy) is 1. The molecule has 94 valence electrons. The number of carboxylic acid groups (broad SMARTS) is 1. The van der Waals surface area contributed by atoms with Gasteiger partial charge in [-0.3, -0.25) is 4.79 Å². The fourth-order valence-electron chi connectivity index (χ4n) is 2.31. The second-order valence-corrected chi connectivity index (χ2v) is 4.85. The highest BCUT2D eigenvalue weighted by atomic mass is 16.5. The van der Waals surface area contributed by atoms with Gasteiger partial charge in [0.2, 0.25) is 0 Å². The molecular weight excluding hydrogens is 204 g/mol. The van der Waals surface area contributed by atoms with E-state index in [4.69, 9.17) is 9.84 Å². The molecule has 0 spiro atoms. The maximum atomic E-state index is 10.3. The molecule has 0 radical (unpaired) electrons. The first-order valence-electron chi connectivity index (χ1n) is 6.55. The Morgan fingerprint density at radius 2 is 2.00 bits per heavy atom. The Balaban J connectivity index is 2.01. The number of hydrogen-bond acceptors (Lipinski definition) is 2. The third kappa shape index (κ3) is 6.11. The van der Waals surface area contributed by atoms with Gasteiger partial charge in [0.05, 0.1) is 12.2 Å². The quantitative estimate of drug-likeness (QED) is 0.679. The SMILES string of the molecule is CC(CCCCC(=O)O)OC1CCCCC1. The fourth-order valence-corrected chi connectivity index (χ4v) is 2.31. The maximum Gasteiger partial charge on any atom is 0.303 e. The van der Waals surface area contributed by atoms with Gasteiger partial charge in [-0.25, -0.2) is 0 Å². The molecule has 3 heteroatoms. The second kappa shape index (κ2) is 7.66. The van der Waals surface area contributed by atoms with Crippen molar-refractivity contribution in [3.63, 3.8) is 0 Å². The summed E-state index contributed by atoms with van der Waals surface area (Å²) in [5, 5.41) is 8.51. The molecule has 1 saturated carbocycles. The normalized spacial score (nSPS) is 19.6. The van der Waals surface area contributed by atoms with Gasteiger partial charge in [0.1, 0.15) is 0 Å². The van der Waals surface area contributed by atoms with Crippen LogP contribution in [0, 0.1) is 0 Å². The van der Waals surface area contributed by atoms with Gasteiger partial charge < -0.3 is 9.84 Å². The van der Waals surface area contributed by atoms with Crippen LogP contribution in [-0.4, -0.2) is 23.3 Å². The van der Waals surface area contributed by atoms with Crippen molar-refractivity contribution < 1.29 is 14.6 Å². The van der Waals surface area contributed by atoms with Crippen molar-refractivity contribution in [1.29, 1.82) is 0 Å². The molecule has 1 atom stereocenters. The Bertz CT molecular complexity index is 197. The zero-order valence-corrected chi connectivity index (χ0v) is 10.3. The summed E-state index contributed by atoms with van der Waals surface area (Å²) < 4.78 is 5.95. The van der Waals surface area contributed by atoms with E-state index in [1.54, 1.807) is 0 Å². The molecule has 0 aromatic rings. The summed E-state index contributed by atoms with van der Waals surface area (Å²) in [7, 11) is 0. The molecule has 3 nitrogen and oxygen atoms in total. The smallest absolute Gasteiger partial charge is 0.303 e. The molecule has 0 amide bonds. The molecule has 0 bridgehead atoms. The Labute approximate surface area is 98.2 Å². The number of unbranched alkanes of at least 4 members (excludes halogenated alkanes) is 1. The molecule has 0 aliphatic heterocycles. The summed E-state index contributed by atoms with van der Waals surface area (Å²) in [6.07, 6.45) is 10.1. The van der Waals surface area contributed by atoms with Gasteiger partial charge in [0.15, 0.2) is 0 Å². The van der Waals surface area contributed by atoms with E-state index in [0.29, 0.717) is 6.10 Å². The van der Waals surface area contributed by atoms with E-state index >= 15 is 0 Å². The van der Waals surface area contributed by atoms with Crippen LogP contribution in [0.5, 0.6) is 0 Å². The summed E-state index contributed by atoms with van der Waals surface area (Å²) in [6, 6.07) is 0. The molecule has 16 heavy (non-hydrogen) atoms. The Kier molecular flexibility index (Phi) is 6.46. The lowest BCUT2D eigenvalue weighted by atomic mass is 9.97. The molecular formula is C13H24O3. The fraction of sp³-hybridized carbons (Fsp3) is 0.923. The first-order chi connectivity index (χ1) is 7.68. The molecule has 0 heterocycles. The van der Waals surface area contributed by atoms with Crippen LogP contribution in [0.1, 0.15) is 64.7 Å². The van der Waals surface area contributed by atoms with Crippen LogP contribution >= 0.6 is 0 Å². The monoisotopic (exact) mass is 228 g/mol. The van der Waals surface area contributed by atoms with Gasteiger partial charge in [-0.15, -0.1) is 0 Å². The zero-order valence-electron chi connectivity index (χ0n) is 10.3. The highest BCUT2D eigenvalue weighted by Gasteiger charge is 2.16. The van der Waals surface area contributed by atoms with Gasteiger partial charge in [-0.2, -0.15) is 0 Å². The van der Waals surface area contributed by atoms with Crippen molar-refractivity contribution in [3.8, 4) is 0 Å². The summed E-state index contributed by atoms with van der Waals surface area (Å²) >= 11 is 0. The number of rotatable bonds is 7. The lowest BCUT2D eigenvalue weighted by Crippen LogP contribution is -2.22. The van der Waals surface area contributed by atoms with Crippen molar-refractivity contribution in [3.05, 3.63) is 0 Å². The van der Waals surface area contributed by atoms with Crippen LogP contribution in [0.2, 0.25) is 0 Å². The van der Waals surface area contributed by atoms with Gasteiger partial charge in [-0.05, 0) is 32.6 Å². The van der Waals surface area contributed by atoms with Crippen LogP contribution < -0.4 is 0 Å². The molecule has 1 rings (SSSR count). The summed E-state index contributed by atoms with van der Waals surface area (Å²) in [6.45, 7) is 2.11. The van der Waals surface area contributed by atoms with Crippen molar-refractivity contribution in [2.75, 3.05) is 0 Å². The van der Waals surface area contributed by atoms with Crippen LogP contribution in [0.4, 0.5) is 0 Å². The van der Waals surface area contributed by atoms with Gasteiger partial charge in [-0.1, -0.05) is 25.7 Å². The minimum Gasteiger partial charge on any atom is -0.481 e. The average Bonchev–Trinajstić information content (AvgIpc) is 2.25. The Hall–Kier alpha value is -0.570. The molecule has 1 N–H and O–H groups in total. The number of hydrogen-bond donors (Lipinski definition) is 1. The largest absolute Gasteiger partial charge is 0.481 e. The summed E-state index contributed by atoms with van der Waals surface area (Å²) in [5.41, 5.74) is 0. The second-order valence-electron chi connectivity index (χ2n) is 4.85. The average molecular weight is 228 g/mol. The number of aliphatic carboxylic acids is 1. The molecule has 1 aliphatic carbocycles. The molecule has 0 aromatic carbocycles. The standard InChI is InChI=1S/C13H24O3/c1-11(7-5-6-10-13(14)15)16-12-8-3-2-4-9-12/h11-12H,2-10H2,1H3,(H,14,15). The number of carbonyl (C=O) groups is 1. The molecule has 1 unspecified atom stereocenters. The van der Waals surface area contributed by atoms with Gasteiger partial charge >= 0.3 is 5.97 Å². The predicted octanol–water partition coefficient (Wildman–Crippen LogP) is 3.37. The van der Waals surface area contributed by atoms with E-state index in [0.717, 1.165) is 19.3 Å². The van der Waals surface area contributed by atoms with E-state index in [2.05, 4.69) is 6.92 Å². The van der Waals surface area contributed by atoms with E-state index < -0.39 is 5.97 Å². The highest BCUT2D eigenvalue weighted by molar-refractivity contribution is 5.66. The van der Waals surface area contributed by atoms with Crippen LogP contribution in [0.25, 0.3) is 0 Å². The van der Waals surface area contributed by atoms with Crippen molar-refractivity contribution in [2.24, 2.45) is 0 Å². The number of carboxylic acids is 1. The predicted molar refractivity (Wildman–Crippen MR) is 63.5 cm³/mol. The Morgan fingerprint density at radius 3 is 2.62 bits per heavy atom. The minimum absolute atomic E-state index is 0.288. The van der Waals surface area contributed by atoms with Crippen LogP contribution in [0.15, 0.2) is 0 Å². The minimum atomic E-state index is -0.694. The summed E-state index contributed by atoms with van der Waals surface area (Å²) in [5.74, 6) is -0.694. The van der Waals surface area contributed by atoms with Gasteiger partial charge in [0.25, 0.3) is 0 Å². The first kappa shape index (κ1) is 13.5. The van der Waals surface area contributed by atoms with Crippen LogP contribution in [-0.2, 0) is 9.53 Å². The third-order valence-electron chi connectivity index (χ3n) is 3.23. The van der Waals surface area contributed by atoms with Gasteiger partial charge in [0, 0.05) is 6.42 Å². The molecule has 0 saturated heterocycles. The van der Waals surface area contributed by atoms with E-state index in [1.165, 1.54) is 32.1 Å². The lowest BCUT2D eigenvalue weighted by Gasteiger charge is -2.25. The van der Waals surface area contributed by atoms with E-state index in [-0.39, 0.29) is 12.5 Å². The first-order valence-corrected chi connectivity index (χ1v) is 6.55. The van der Waals surface area contributed by atoms with Crippen molar-refractivity contribution >= 4 is 5.97 Å². The van der Waals surface area contributed by atoms with Crippen LogP contribution in [0.3, 0.4) is 0 Å².